The Bertz CT molecular complexity index is 6800. The molecule has 8 bridgehead atoms. The summed E-state index contributed by atoms with van der Waals surface area (Å²) in [5.74, 6) is 13.1. The van der Waals surface area contributed by atoms with Gasteiger partial charge < -0.3 is 71.4 Å². The molecule has 6 aromatic carbocycles. The molecule has 0 saturated carbocycles. The van der Waals surface area contributed by atoms with Crippen LogP contribution in [0.25, 0.3) is 90.9 Å². The number of pyridine rings is 4. The number of hydrogen-bond acceptors (Lipinski definition) is 18. The zero-order valence-corrected chi connectivity index (χ0v) is 80.5. The molecule has 2 aliphatic heterocycles. The summed E-state index contributed by atoms with van der Waals surface area (Å²) >= 11 is 0. The highest BCUT2D eigenvalue weighted by atomic mass is 16.5. The Labute approximate surface area is 811 Å². The van der Waals surface area contributed by atoms with Gasteiger partial charge in [-0.1, -0.05) is 155 Å². The highest BCUT2D eigenvalue weighted by molar-refractivity contribution is 6.11. The number of aromatic nitrogens is 8. The minimum Gasteiger partial charge on any atom is -0.497 e. The summed E-state index contributed by atoms with van der Waals surface area (Å²) in [7, 11) is 6.39. The number of carbonyl (C=O) groups excluding carboxylic acids is 8. The molecule has 7 aromatic heterocycles. The Morgan fingerprint density at radius 2 is 0.479 bits per heavy atom. The van der Waals surface area contributed by atoms with Crippen molar-refractivity contribution in [2.45, 2.75) is 109 Å². The molecule has 13 aromatic rings. The van der Waals surface area contributed by atoms with Gasteiger partial charge in [-0.25, -0.2) is 29.9 Å². The van der Waals surface area contributed by atoms with Gasteiger partial charge in [-0.05, 0) is 226 Å². The van der Waals surface area contributed by atoms with Crippen LogP contribution in [0.4, 0.5) is 46.5 Å². The lowest BCUT2D eigenvalue weighted by molar-refractivity contribution is -0.118. The Balaban J connectivity index is 0.845. The van der Waals surface area contributed by atoms with E-state index in [0.29, 0.717) is 112 Å². The number of carbonyl (C=O) groups is 8. The molecule has 0 spiro atoms. The van der Waals surface area contributed by atoms with Crippen LogP contribution in [0.5, 0.6) is 23.0 Å². The van der Waals surface area contributed by atoms with E-state index in [1.165, 1.54) is 12.1 Å². The normalized spacial score (nSPS) is 11.6. The Hall–Kier alpha value is -17.4. The first-order chi connectivity index (χ1) is 66.8. The lowest BCUT2D eigenvalue weighted by atomic mass is 9.92. The molecule has 28 nitrogen and oxygen atoms in total. The van der Waals surface area contributed by atoms with Crippen molar-refractivity contribution in [3.8, 4) is 91.2 Å². The van der Waals surface area contributed by atoms with Crippen molar-refractivity contribution in [1.29, 1.82) is 0 Å². The minimum atomic E-state index is -0.629. The standard InChI is InChI=1S/C112H106N16O12/c1-109(2,3)61-97(129)121-89-21-17-25-93(117-89)125-105(133)73-49-67(50-74(53-73)106(134)126-94-26-18-22-90(118-94)122-98(130)62-110(4,5)6)31-29-65-33-37-69(38-34-65)101-81-41-42-82(113-81)102(84-44-46-86(115-84)104(72-57-79(139-15)60-80(58-72)140-16)88-48-47-87(116-88)103(85-45-43-83(101)114-85)71-55-77(137-13)59-78(56-71)138-14)70-39-35-66(36-40-70)30-32-68-51-75(107(135)127-95-27-19-23-91(119-95)123-99(131)63-111(7,8)9)54-76(52-68)108(136)128-96-28-20-24-92(120-96)124-100(132)64-112(10,11)12/h17-28,33-60,114-115H,61-64H2,1-16H3,(H2,117,121,125,129,133)(H2,118,122,126,130,134)(H2,119,123,127,131,135)(H2,120,124,128,132,136). The molecule has 2 aliphatic rings. The number of nitrogens with zero attached hydrogens (tertiary/aromatic N) is 6. The maximum atomic E-state index is 14.5. The third-order valence-electron chi connectivity index (χ3n) is 21.8. The molecule has 9 heterocycles. The summed E-state index contributed by atoms with van der Waals surface area (Å²) in [6.45, 7) is 23.4. The van der Waals surface area contributed by atoms with Crippen molar-refractivity contribution in [2.24, 2.45) is 21.7 Å². The van der Waals surface area contributed by atoms with Gasteiger partial charge in [-0.2, -0.15) is 0 Å². The number of H-pyrrole nitrogens is 2. The fourth-order valence-corrected chi connectivity index (χ4v) is 15.7. The van der Waals surface area contributed by atoms with Gasteiger partial charge in [0.15, 0.2) is 0 Å². The second kappa shape index (κ2) is 41.4. The fraction of sp³-hybridized carbons (Fsp3) is 0.214. The van der Waals surface area contributed by atoms with Crippen LogP contribution >= 0.6 is 0 Å². The van der Waals surface area contributed by atoms with E-state index in [2.05, 4.69) is 96.1 Å². The summed E-state index contributed by atoms with van der Waals surface area (Å²) in [6.07, 6.45) is 8.78. The number of benzene rings is 6. The van der Waals surface area contributed by atoms with Crippen molar-refractivity contribution >= 4 is 140 Å². The molecule has 8 amide bonds. The summed E-state index contributed by atoms with van der Waals surface area (Å²) in [5.41, 5.74) is 11.4. The van der Waals surface area contributed by atoms with Crippen LogP contribution in [-0.4, -0.2) is 116 Å². The van der Waals surface area contributed by atoms with E-state index in [1.54, 1.807) is 138 Å². The van der Waals surface area contributed by atoms with E-state index in [0.717, 1.165) is 22.3 Å². The van der Waals surface area contributed by atoms with Gasteiger partial charge in [0, 0.05) is 127 Å². The molecule has 10 N–H and O–H groups in total. The van der Waals surface area contributed by atoms with Crippen LogP contribution in [0.3, 0.4) is 0 Å². The average molecular weight is 1870 g/mol. The van der Waals surface area contributed by atoms with Crippen LogP contribution < -0.4 is 61.5 Å². The SMILES string of the molecule is COc1cc(OC)cc(-c2c3nc(c(-c4cc(OC)cc(OC)c4)c4ccc([nH]4)c(-c4ccc(C#Cc5cc(C(=O)Nc6cccc(NC(=O)CC(C)(C)C)n6)cc(C(=O)Nc6cccc(NC(=O)CC(C)(C)C)n6)c5)cc4)c4nc(c(-c5ccc(C#Cc6cc(C(=O)Nc7cccc(NC(=O)CC(C)(C)C)n7)cc(C(=O)Nc7cccc(NC(=O)CC(C)(C)C)n7)c6)cc5)c5ccc2[nH]5)C=C4)C=C3)c1. The summed E-state index contributed by atoms with van der Waals surface area (Å²) in [5, 5.41) is 22.6. The lowest BCUT2D eigenvalue weighted by Gasteiger charge is -2.17. The van der Waals surface area contributed by atoms with E-state index in [1.807, 2.05) is 204 Å². The number of methoxy groups -OCH3 is 4. The second-order valence-electron chi connectivity index (χ2n) is 38.5. The van der Waals surface area contributed by atoms with E-state index in [-0.39, 0.29) is 140 Å². The number of fused-ring (bicyclic) bond motifs is 8. The number of amides is 8. The van der Waals surface area contributed by atoms with Crippen molar-refractivity contribution in [3.05, 3.63) is 286 Å². The first-order valence-corrected chi connectivity index (χ1v) is 45.3. The monoisotopic (exact) mass is 1870 g/mol. The lowest BCUT2D eigenvalue weighted by Crippen LogP contribution is -2.21. The number of ether oxygens (including phenoxy) is 4. The van der Waals surface area contributed by atoms with Gasteiger partial charge in [-0.15, -0.1) is 0 Å². The first kappa shape index (κ1) is 97.2. The van der Waals surface area contributed by atoms with Gasteiger partial charge in [0.2, 0.25) is 23.6 Å². The number of anilines is 8. The Morgan fingerprint density at radius 3 is 0.707 bits per heavy atom. The Kier molecular flexibility index (Phi) is 28.8. The summed E-state index contributed by atoms with van der Waals surface area (Å²) < 4.78 is 23.7. The predicted octanol–water partition coefficient (Wildman–Crippen LogP) is 22.2. The van der Waals surface area contributed by atoms with Crippen LogP contribution in [-0.2, 0) is 19.2 Å². The summed E-state index contributed by atoms with van der Waals surface area (Å²) in [6, 6.07) is 63.0. The third kappa shape index (κ3) is 25.4. The van der Waals surface area contributed by atoms with Gasteiger partial charge in [-0.3, -0.25) is 38.4 Å². The van der Waals surface area contributed by atoms with E-state index < -0.39 is 23.6 Å². The number of nitrogens with one attached hydrogen (secondary N) is 10. The molecule has 0 unspecified atom stereocenters. The van der Waals surface area contributed by atoms with Crippen LogP contribution in [0, 0.1) is 45.3 Å². The van der Waals surface area contributed by atoms with Crippen LogP contribution in [0.2, 0.25) is 0 Å². The molecule has 0 saturated heterocycles. The van der Waals surface area contributed by atoms with Gasteiger partial charge in [0.1, 0.15) is 69.5 Å². The van der Waals surface area contributed by atoms with Crippen molar-refractivity contribution < 1.29 is 57.3 Å². The predicted molar refractivity (Wildman–Crippen MR) is 551 cm³/mol. The molecular weight excluding hydrogens is 1760 g/mol. The maximum Gasteiger partial charge on any atom is 0.256 e. The van der Waals surface area contributed by atoms with E-state index >= 15 is 0 Å². The molecule has 0 fully saturated rings. The highest BCUT2D eigenvalue weighted by Gasteiger charge is 2.27. The van der Waals surface area contributed by atoms with Gasteiger partial charge in [0.05, 0.1) is 51.2 Å². The van der Waals surface area contributed by atoms with Gasteiger partial charge >= 0.3 is 0 Å². The number of hydrogen-bond donors (Lipinski definition) is 10. The molecule has 15 rings (SSSR count). The molecule has 706 valence electrons. The van der Waals surface area contributed by atoms with Crippen LogP contribution in [0.1, 0.15) is 195 Å². The van der Waals surface area contributed by atoms with Gasteiger partial charge in [0.25, 0.3) is 23.6 Å². The quantitative estimate of drug-likeness (QED) is 0.0251. The molecular formula is C112H106N16O12. The zero-order valence-electron chi connectivity index (χ0n) is 80.5. The number of rotatable bonds is 24. The van der Waals surface area contributed by atoms with Crippen molar-refractivity contribution in [3.63, 3.8) is 0 Å². The third-order valence-corrected chi connectivity index (χ3v) is 21.8. The molecule has 0 aliphatic carbocycles. The topological polar surface area (TPSA) is 379 Å². The zero-order chi connectivity index (χ0) is 99.5. The van der Waals surface area contributed by atoms with Crippen molar-refractivity contribution in [2.75, 3.05) is 71.0 Å². The average Bonchev–Trinajstić information content (AvgIpc) is 1.61. The number of aromatic amines is 2. The largest absolute Gasteiger partial charge is 0.497 e. The van der Waals surface area contributed by atoms with E-state index in [9.17, 15) is 38.4 Å². The minimum absolute atomic E-state index is 0.0550. The highest BCUT2D eigenvalue weighted by Crippen LogP contribution is 2.43. The Morgan fingerprint density at radius 1 is 0.257 bits per heavy atom. The van der Waals surface area contributed by atoms with E-state index in [4.69, 9.17) is 28.9 Å². The van der Waals surface area contributed by atoms with Crippen molar-refractivity contribution in [1.82, 2.24) is 39.9 Å². The molecule has 0 atom stereocenters. The maximum absolute atomic E-state index is 14.5. The second-order valence-corrected chi connectivity index (χ2v) is 38.5. The first-order valence-electron chi connectivity index (χ1n) is 45.3. The molecule has 0 radical (unpaired) electrons. The fourth-order valence-electron chi connectivity index (χ4n) is 15.7. The summed E-state index contributed by atoms with van der Waals surface area (Å²) in [4.78, 5) is 147. The smallest absolute Gasteiger partial charge is 0.256 e. The molecule has 140 heavy (non-hydrogen) atoms. The van der Waals surface area contributed by atoms with Crippen LogP contribution in [0.15, 0.2) is 218 Å². The molecule has 28 heteroatoms.